The number of benzene rings is 2. The summed E-state index contributed by atoms with van der Waals surface area (Å²) in [6, 6.07) is 17.1. The molecule has 2 aromatic carbocycles. The van der Waals surface area contributed by atoms with Crippen LogP contribution in [-0.4, -0.2) is 37.2 Å². The molecule has 0 unspecified atom stereocenters. The molecule has 0 saturated carbocycles. The first kappa shape index (κ1) is 19.3. The number of anilines is 2. The molecule has 1 fully saturated rings. The maximum atomic E-state index is 13.5. The summed E-state index contributed by atoms with van der Waals surface area (Å²) in [4.78, 5) is 20.1. The van der Waals surface area contributed by atoms with Crippen molar-refractivity contribution in [1.29, 1.82) is 0 Å². The zero-order valence-corrected chi connectivity index (χ0v) is 17.8. The molecule has 1 amide bonds. The topological polar surface area (TPSA) is 54.5 Å². The summed E-state index contributed by atoms with van der Waals surface area (Å²) in [7, 11) is 0. The number of carbonyl (C=O) groups excluding carboxylic acids is 1. The Morgan fingerprint density at radius 2 is 2.00 bits per heavy atom. The Kier molecular flexibility index (Phi) is 5.05. The first-order chi connectivity index (χ1) is 14.6. The highest BCUT2D eigenvalue weighted by Crippen LogP contribution is 2.52. The molecule has 1 saturated heterocycles. The Labute approximate surface area is 180 Å². The van der Waals surface area contributed by atoms with Crippen LogP contribution in [0.5, 0.6) is 0 Å². The number of nitrogens with zero attached hydrogens (tertiary/aromatic N) is 2. The van der Waals surface area contributed by atoms with Crippen molar-refractivity contribution in [3.05, 3.63) is 76.8 Å². The zero-order valence-electron chi connectivity index (χ0n) is 17.0. The lowest BCUT2D eigenvalue weighted by molar-refractivity contribution is -0.125. The SMILES string of the molecule is C[C@@]1(C(=O)Nc2nccs2)Cc2ccc(N3CCOCC3)cc2[C@@H]1c1ccccc1. The molecule has 5 nitrogen and oxygen atoms in total. The van der Waals surface area contributed by atoms with E-state index in [2.05, 4.69) is 64.6 Å². The van der Waals surface area contributed by atoms with Gasteiger partial charge in [-0.2, -0.15) is 0 Å². The number of nitrogens with one attached hydrogen (secondary N) is 1. The number of fused-ring (bicyclic) bond motifs is 1. The number of aromatic nitrogens is 1. The van der Waals surface area contributed by atoms with Gasteiger partial charge in [0.1, 0.15) is 0 Å². The van der Waals surface area contributed by atoms with Gasteiger partial charge in [-0.25, -0.2) is 4.98 Å². The third-order valence-corrected chi connectivity index (χ3v) is 7.00. The number of carbonyl (C=O) groups is 1. The van der Waals surface area contributed by atoms with Gasteiger partial charge in [-0.15, -0.1) is 11.3 Å². The van der Waals surface area contributed by atoms with Gasteiger partial charge in [0.05, 0.1) is 18.6 Å². The van der Waals surface area contributed by atoms with Gasteiger partial charge in [-0.3, -0.25) is 4.79 Å². The van der Waals surface area contributed by atoms with Gasteiger partial charge in [-0.05, 0) is 42.2 Å². The number of hydrogen-bond acceptors (Lipinski definition) is 5. The molecule has 154 valence electrons. The van der Waals surface area contributed by atoms with E-state index >= 15 is 0 Å². The lowest BCUT2D eigenvalue weighted by Crippen LogP contribution is -2.37. The molecule has 3 aromatic rings. The first-order valence-corrected chi connectivity index (χ1v) is 11.2. The molecule has 1 N–H and O–H groups in total. The van der Waals surface area contributed by atoms with Crippen LogP contribution in [0.4, 0.5) is 10.8 Å². The standard InChI is InChI=1S/C24H25N3O2S/c1-24(22(28)26-23-25-9-14-30-23)16-18-7-8-19(27-10-12-29-13-11-27)15-20(18)21(24)17-5-3-2-4-6-17/h2-9,14-15,21H,10-13,16H2,1H3,(H,25,26,28)/t21-,24+/m0/s1. The predicted octanol–water partition coefficient (Wildman–Crippen LogP) is 4.31. The van der Waals surface area contributed by atoms with E-state index in [-0.39, 0.29) is 11.8 Å². The smallest absolute Gasteiger partial charge is 0.233 e. The molecule has 1 aliphatic heterocycles. The zero-order chi connectivity index (χ0) is 20.6. The Hall–Kier alpha value is -2.70. The van der Waals surface area contributed by atoms with E-state index in [9.17, 15) is 4.79 Å². The fraction of sp³-hybridized carbons (Fsp3) is 0.333. The molecular formula is C24H25N3O2S. The van der Waals surface area contributed by atoms with Crippen molar-refractivity contribution in [2.45, 2.75) is 19.3 Å². The number of ether oxygens (including phenoxy) is 1. The molecule has 0 radical (unpaired) electrons. The maximum Gasteiger partial charge on any atom is 0.233 e. The lowest BCUT2D eigenvalue weighted by atomic mass is 9.73. The van der Waals surface area contributed by atoms with Crippen LogP contribution < -0.4 is 10.2 Å². The summed E-state index contributed by atoms with van der Waals surface area (Å²) in [6.45, 7) is 5.40. The molecule has 5 rings (SSSR count). The minimum absolute atomic E-state index is 0.00495. The monoisotopic (exact) mass is 419 g/mol. The van der Waals surface area contributed by atoms with E-state index in [0.717, 1.165) is 26.3 Å². The fourth-order valence-corrected chi connectivity index (χ4v) is 5.32. The van der Waals surface area contributed by atoms with Crippen LogP contribution in [0.25, 0.3) is 0 Å². The van der Waals surface area contributed by atoms with Crippen LogP contribution >= 0.6 is 11.3 Å². The van der Waals surface area contributed by atoms with Crippen LogP contribution in [-0.2, 0) is 16.0 Å². The maximum absolute atomic E-state index is 13.5. The molecule has 1 aromatic heterocycles. The third kappa shape index (κ3) is 3.40. The summed E-state index contributed by atoms with van der Waals surface area (Å²) < 4.78 is 5.52. The number of amides is 1. The Balaban J connectivity index is 1.55. The lowest BCUT2D eigenvalue weighted by Gasteiger charge is -2.32. The molecule has 2 atom stereocenters. The van der Waals surface area contributed by atoms with E-state index < -0.39 is 5.41 Å². The summed E-state index contributed by atoms with van der Waals surface area (Å²) in [5.41, 5.74) is 4.30. The van der Waals surface area contributed by atoms with Gasteiger partial charge in [0.2, 0.25) is 5.91 Å². The summed E-state index contributed by atoms with van der Waals surface area (Å²) in [5, 5.41) is 5.59. The van der Waals surface area contributed by atoms with Crippen LogP contribution in [0.2, 0.25) is 0 Å². The molecule has 0 spiro atoms. The second kappa shape index (κ2) is 7.85. The molecule has 2 aliphatic rings. The van der Waals surface area contributed by atoms with Crippen molar-refractivity contribution in [3.63, 3.8) is 0 Å². The van der Waals surface area contributed by atoms with Crippen LogP contribution in [0.1, 0.15) is 29.5 Å². The third-order valence-electron chi connectivity index (χ3n) is 6.32. The molecular weight excluding hydrogens is 394 g/mol. The van der Waals surface area contributed by atoms with Crippen molar-refractivity contribution in [2.24, 2.45) is 5.41 Å². The van der Waals surface area contributed by atoms with Gasteiger partial charge < -0.3 is 15.0 Å². The highest BCUT2D eigenvalue weighted by molar-refractivity contribution is 7.13. The largest absolute Gasteiger partial charge is 0.378 e. The summed E-state index contributed by atoms with van der Waals surface area (Å²) in [6.07, 6.45) is 2.43. The average molecular weight is 420 g/mol. The van der Waals surface area contributed by atoms with Gasteiger partial charge in [0.25, 0.3) is 0 Å². The molecule has 30 heavy (non-hydrogen) atoms. The average Bonchev–Trinajstić information content (AvgIpc) is 3.40. The highest BCUT2D eigenvalue weighted by atomic mass is 32.1. The highest BCUT2D eigenvalue weighted by Gasteiger charge is 2.49. The Morgan fingerprint density at radius 1 is 1.20 bits per heavy atom. The normalized spacial score (nSPS) is 23.2. The minimum Gasteiger partial charge on any atom is -0.378 e. The van der Waals surface area contributed by atoms with Crippen LogP contribution in [0, 0.1) is 5.41 Å². The minimum atomic E-state index is -0.584. The second-order valence-electron chi connectivity index (χ2n) is 8.21. The molecule has 1 aliphatic carbocycles. The summed E-state index contributed by atoms with van der Waals surface area (Å²) >= 11 is 1.45. The van der Waals surface area contributed by atoms with Gasteiger partial charge >= 0.3 is 0 Å². The van der Waals surface area contributed by atoms with E-state index in [4.69, 9.17) is 4.74 Å². The molecule has 2 heterocycles. The molecule has 0 bridgehead atoms. The van der Waals surface area contributed by atoms with Gasteiger partial charge in [-0.1, -0.05) is 36.4 Å². The summed E-state index contributed by atoms with van der Waals surface area (Å²) in [5.74, 6) is 0.0186. The van der Waals surface area contributed by atoms with Crippen molar-refractivity contribution in [3.8, 4) is 0 Å². The van der Waals surface area contributed by atoms with E-state index in [0.29, 0.717) is 11.6 Å². The van der Waals surface area contributed by atoms with E-state index in [1.54, 1.807) is 6.20 Å². The second-order valence-corrected chi connectivity index (χ2v) is 9.11. The van der Waals surface area contributed by atoms with Crippen molar-refractivity contribution < 1.29 is 9.53 Å². The molecule has 6 heteroatoms. The Morgan fingerprint density at radius 3 is 2.73 bits per heavy atom. The van der Waals surface area contributed by atoms with Crippen molar-refractivity contribution in [1.82, 2.24) is 4.98 Å². The van der Waals surface area contributed by atoms with Crippen LogP contribution in [0.15, 0.2) is 60.1 Å². The fourth-order valence-electron chi connectivity index (χ4n) is 4.80. The van der Waals surface area contributed by atoms with E-state index in [1.165, 1.54) is 33.7 Å². The quantitative estimate of drug-likeness (QED) is 0.685. The van der Waals surface area contributed by atoms with Gasteiger partial charge in [0.15, 0.2) is 5.13 Å². The first-order valence-electron chi connectivity index (χ1n) is 10.4. The number of hydrogen-bond donors (Lipinski definition) is 1. The van der Waals surface area contributed by atoms with Crippen molar-refractivity contribution in [2.75, 3.05) is 36.5 Å². The number of thiazole rings is 1. The van der Waals surface area contributed by atoms with E-state index in [1.807, 2.05) is 11.4 Å². The predicted molar refractivity (Wildman–Crippen MR) is 120 cm³/mol. The number of rotatable bonds is 4. The van der Waals surface area contributed by atoms with Crippen LogP contribution in [0.3, 0.4) is 0 Å². The Bertz CT molecular complexity index is 1030. The van der Waals surface area contributed by atoms with Gasteiger partial charge in [0, 0.05) is 36.3 Å². The number of morpholine rings is 1. The van der Waals surface area contributed by atoms with Crippen molar-refractivity contribution >= 4 is 28.1 Å².